The molecule has 0 aliphatic rings. The first-order valence-electron chi connectivity index (χ1n) is 5.45. The van der Waals surface area contributed by atoms with E-state index in [1.165, 1.54) is 0 Å². The van der Waals surface area contributed by atoms with Gasteiger partial charge in [-0.15, -0.1) is 4.89 Å². The molecule has 2 aromatic carbocycles. The molecule has 2 N–H and O–H groups in total. The molecule has 0 bridgehead atoms. The van der Waals surface area contributed by atoms with Gasteiger partial charge in [-0.3, -0.25) is 0 Å². The first-order valence-corrected chi connectivity index (χ1v) is 6.58. The molecule has 5 heteroatoms. The lowest BCUT2D eigenvalue weighted by molar-refractivity contribution is 0.216. The summed E-state index contributed by atoms with van der Waals surface area (Å²) in [6.45, 7) is 0. The van der Waals surface area contributed by atoms with Crippen molar-refractivity contribution in [3.63, 3.8) is 0 Å². The van der Waals surface area contributed by atoms with Crippen LogP contribution in [0.25, 0.3) is 0 Å². The summed E-state index contributed by atoms with van der Waals surface area (Å²) in [6.07, 6.45) is -0.651. The van der Waals surface area contributed by atoms with Crippen LogP contribution in [0.1, 0.15) is 11.8 Å². The van der Waals surface area contributed by atoms with Gasteiger partial charge < -0.3 is 5.32 Å². The Labute approximate surface area is 106 Å². The minimum atomic E-state index is -2.67. The van der Waals surface area contributed by atoms with Gasteiger partial charge in [-0.2, -0.15) is 0 Å². The van der Waals surface area contributed by atoms with Crippen molar-refractivity contribution in [2.75, 3.05) is 5.32 Å². The molecule has 2 rings (SSSR count). The van der Waals surface area contributed by atoms with Gasteiger partial charge >= 0.3 is 8.25 Å². The molecule has 0 spiro atoms. The minimum absolute atomic E-state index is 0.651. The third kappa shape index (κ3) is 3.64. The Kier molecular flexibility index (Phi) is 4.42. The van der Waals surface area contributed by atoms with Gasteiger partial charge in [0.15, 0.2) is 0 Å². The number of anilines is 1. The lowest BCUT2D eigenvalue weighted by Gasteiger charge is -2.14. The Bertz CT molecular complexity index is 504. The second-order valence-corrected chi connectivity index (χ2v) is 4.33. The van der Waals surface area contributed by atoms with Crippen LogP contribution in [0.3, 0.4) is 0 Å². The van der Waals surface area contributed by atoms with Gasteiger partial charge in [0.25, 0.3) is 0 Å². The highest BCUT2D eigenvalue weighted by molar-refractivity contribution is 7.32. The first kappa shape index (κ1) is 12.7. The Balaban J connectivity index is 2.18. The van der Waals surface area contributed by atoms with E-state index in [2.05, 4.69) is 5.32 Å². The van der Waals surface area contributed by atoms with E-state index >= 15 is 0 Å². The predicted octanol–water partition coefficient (Wildman–Crippen LogP) is 3.46. The fraction of sp³-hybridized carbons (Fsp3) is 0.0769. The van der Waals surface area contributed by atoms with E-state index < -0.39 is 14.5 Å². The van der Waals surface area contributed by atoms with Crippen LogP contribution in [0.2, 0.25) is 0 Å². The van der Waals surface area contributed by atoms with E-state index in [4.69, 9.17) is 9.42 Å². The molecule has 4 nitrogen and oxygen atoms in total. The number of nitrogens with one attached hydrogen (secondary N) is 1. The Morgan fingerprint density at radius 3 is 2.11 bits per heavy atom. The van der Waals surface area contributed by atoms with Crippen LogP contribution in [0.4, 0.5) is 5.69 Å². The quantitative estimate of drug-likeness (QED) is 0.640. The third-order valence-electron chi connectivity index (χ3n) is 2.37. The van der Waals surface area contributed by atoms with Gasteiger partial charge in [0.1, 0.15) is 0 Å². The van der Waals surface area contributed by atoms with Gasteiger partial charge in [-0.1, -0.05) is 53.1 Å². The van der Waals surface area contributed by atoms with Crippen molar-refractivity contribution in [1.29, 1.82) is 0 Å². The van der Waals surface area contributed by atoms with Crippen molar-refractivity contribution >= 4 is 13.9 Å². The van der Waals surface area contributed by atoms with Crippen LogP contribution in [-0.4, -0.2) is 4.89 Å². The summed E-state index contributed by atoms with van der Waals surface area (Å²) in [7, 11) is -2.67. The molecular weight excluding hydrogens is 249 g/mol. The highest BCUT2D eigenvalue weighted by Crippen LogP contribution is 2.29. The summed E-state index contributed by atoms with van der Waals surface area (Å²) in [5, 5.41) is 3.06. The second kappa shape index (κ2) is 6.26. The zero-order valence-electron chi connectivity index (χ0n) is 9.56. The molecule has 18 heavy (non-hydrogen) atoms. The molecular formula is C13H13NO3P+. The largest absolute Gasteiger partial charge is 0.697 e. The van der Waals surface area contributed by atoms with Crippen molar-refractivity contribution in [3.05, 3.63) is 66.2 Å². The second-order valence-electron chi connectivity index (χ2n) is 3.64. The SMILES string of the molecule is O=[P+](O)OC(Nc1ccccc1)c1ccccc1. The molecule has 0 heterocycles. The first-order chi connectivity index (χ1) is 8.75. The van der Waals surface area contributed by atoms with Crippen LogP contribution in [0, 0.1) is 0 Å². The van der Waals surface area contributed by atoms with E-state index in [1.807, 2.05) is 60.7 Å². The number of para-hydroxylation sites is 1. The van der Waals surface area contributed by atoms with Gasteiger partial charge in [-0.05, 0) is 12.1 Å². The summed E-state index contributed by atoms with van der Waals surface area (Å²) in [6, 6.07) is 18.6. The Morgan fingerprint density at radius 2 is 1.56 bits per heavy atom. The average molecular weight is 262 g/mol. The molecule has 0 aliphatic heterocycles. The van der Waals surface area contributed by atoms with E-state index in [-0.39, 0.29) is 0 Å². The van der Waals surface area contributed by atoms with E-state index in [1.54, 1.807) is 0 Å². The molecule has 0 radical (unpaired) electrons. The maximum absolute atomic E-state index is 10.9. The molecule has 0 fully saturated rings. The van der Waals surface area contributed by atoms with Crippen LogP contribution in [-0.2, 0) is 9.09 Å². The lowest BCUT2D eigenvalue weighted by atomic mass is 10.2. The summed E-state index contributed by atoms with van der Waals surface area (Å²) >= 11 is 0. The van der Waals surface area contributed by atoms with Gasteiger partial charge in [0.05, 0.1) is 0 Å². The average Bonchev–Trinajstić information content (AvgIpc) is 2.40. The van der Waals surface area contributed by atoms with Crippen LogP contribution in [0.5, 0.6) is 0 Å². The third-order valence-corrected chi connectivity index (χ3v) is 2.76. The number of hydrogen-bond acceptors (Lipinski definition) is 3. The summed E-state index contributed by atoms with van der Waals surface area (Å²) in [5.74, 6) is 0. The predicted molar refractivity (Wildman–Crippen MR) is 70.2 cm³/mol. The molecule has 0 saturated carbocycles. The fourth-order valence-electron chi connectivity index (χ4n) is 1.57. The standard InChI is InChI=1S/C13H12NO3P/c15-18(16)17-13(11-7-3-1-4-8-11)14-12-9-5-2-6-10-12/h1-10,13-14H/p+1. The van der Waals surface area contributed by atoms with Crippen LogP contribution >= 0.6 is 8.25 Å². The maximum atomic E-state index is 10.9. The highest BCUT2D eigenvalue weighted by Gasteiger charge is 2.24. The van der Waals surface area contributed by atoms with Gasteiger partial charge in [-0.25, -0.2) is 0 Å². The summed E-state index contributed by atoms with van der Waals surface area (Å²) in [4.78, 5) is 8.91. The van der Waals surface area contributed by atoms with E-state index in [9.17, 15) is 4.57 Å². The molecule has 92 valence electrons. The monoisotopic (exact) mass is 262 g/mol. The minimum Gasteiger partial charge on any atom is -0.352 e. The Morgan fingerprint density at radius 1 is 1.00 bits per heavy atom. The zero-order valence-corrected chi connectivity index (χ0v) is 10.5. The molecule has 0 aliphatic carbocycles. The van der Waals surface area contributed by atoms with E-state index in [0.717, 1.165) is 11.3 Å². The lowest BCUT2D eigenvalue weighted by Crippen LogP contribution is -2.11. The van der Waals surface area contributed by atoms with Crippen LogP contribution in [0.15, 0.2) is 60.7 Å². The van der Waals surface area contributed by atoms with Crippen molar-refractivity contribution in [2.45, 2.75) is 6.23 Å². The zero-order chi connectivity index (χ0) is 12.8. The molecule has 2 unspecified atom stereocenters. The molecule has 0 amide bonds. The maximum Gasteiger partial charge on any atom is 0.697 e. The summed E-state index contributed by atoms with van der Waals surface area (Å²) < 4.78 is 15.9. The van der Waals surface area contributed by atoms with Gasteiger partial charge in [0, 0.05) is 15.8 Å². The van der Waals surface area contributed by atoms with Crippen molar-refractivity contribution in [3.8, 4) is 0 Å². The van der Waals surface area contributed by atoms with Crippen molar-refractivity contribution < 1.29 is 14.0 Å². The molecule has 0 saturated heterocycles. The molecule has 0 aromatic heterocycles. The number of hydrogen-bond donors (Lipinski definition) is 2. The highest BCUT2D eigenvalue weighted by atomic mass is 31.1. The van der Waals surface area contributed by atoms with Crippen molar-refractivity contribution in [2.24, 2.45) is 0 Å². The fourth-order valence-corrected chi connectivity index (χ4v) is 1.93. The topological polar surface area (TPSA) is 58.6 Å². The number of rotatable bonds is 5. The van der Waals surface area contributed by atoms with E-state index in [0.29, 0.717) is 0 Å². The molecule has 2 aromatic rings. The molecule has 2 atom stereocenters. The normalized spacial score (nSPS) is 12.8. The summed E-state index contributed by atoms with van der Waals surface area (Å²) in [5.41, 5.74) is 1.61. The van der Waals surface area contributed by atoms with Crippen LogP contribution < -0.4 is 5.32 Å². The number of benzene rings is 2. The van der Waals surface area contributed by atoms with Gasteiger partial charge in [0.2, 0.25) is 6.23 Å². The van der Waals surface area contributed by atoms with Crippen molar-refractivity contribution in [1.82, 2.24) is 0 Å². The smallest absolute Gasteiger partial charge is 0.352 e. The Hall–Kier alpha value is -1.74.